The molecular formula is C11H15N3. The average Bonchev–Trinajstić information content (AvgIpc) is 2.57. The van der Waals surface area contributed by atoms with Gasteiger partial charge in [-0.2, -0.15) is 0 Å². The fraction of sp³-hybridized carbons (Fsp3) is 0.364. The molecule has 14 heavy (non-hydrogen) atoms. The molecule has 1 heterocycles. The lowest BCUT2D eigenvalue weighted by atomic mass is 10.1. The molecule has 1 aromatic carbocycles. The van der Waals surface area contributed by atoms with Gasteiger partial charge in [-0.3, -0.25) is 4.99 Å². The van der Waals surface area contributed by atoms with Crippen LogP contribution >= 0.6 is 0 Å². The van der Waals surface area contributed by atoms with E-state index in [1.54, 1.807) is 0 Å². The normalized spacial score (nSPS) is 15.9. The molecule has 0 amide bonds. The maximum atomic E-state index is 5.81. The Labute approximate surface area is 84.2 Å². The van der Waals surface area contributed by atoms with E-state index in [1.807, 2.05) is 0 Å². The molecule has 0 unspecified atom stereocenters. The molecule has 0 atom stereocenters. The van der Waals surface area contributed by atoms with E-state index in [1.165, 1.54) is 16.8 Å². The molecule has 1 aromatic rings. The molecule has 1 aliphatic heterocycles. The van der Waals surface area contributed by atoms with Gasteiger partial charge in [-0.1, -0.05) is 12.1 Å². The Morgan fingerprint density at radius 1 is 1.36 bits per heavy atom. The highest BCUT2D eigenvalue weighted by molar-refractivity contribution is 5.97. The summed E-state index contributed by atoms with van der Waals surface area (Å²) in [6.07, 6.45) is 0. The maximum Gasteiger partial charge on any atom is 0.195 e. The molecule has 0 saturated carbocycles. The summed E-state index contributed by atoms with van der Waals surface area (Å²) in [5.41, 5.74) is 9.57. The summed E-state index contributed by atoms with van der Waals surface area (Å²) in [4.78, 5) is 6.26. The lowest BCUT2D eigenvalue weighted by Gasteiger charge is -2.20. The molecule has 0 aromatic heterocycles. The van der Waals surface area contributed by atoms with Crippen molar-refractivity contribution in [3.63, 3.8) is 0 Å². The minimum Gasteiger partial charge on any atom is -0.370 e. The van der Waals surface area contributed by atoms with E-state index in [0.29, 0.717) is 5.96 Å². The number of hydrogen-bond acceptors (Lipinski definition) is 3. The Hall–Kier alpha value is -1.51. The van der Waals surface area contributed by atoms with E-state index in [4.69, 9.17) is 5.73 Å². The number of aryl methyl sites for hydroxylation is 1. The summed E-state index contributed by atoms with van der Waals surface area (Å²) in [5.74, 6) is 0.638. The predicted molar refractivity (Wildman–Crippen MR) is 59.8 cm³/mol. The first kappa shape index (κ1) is 9.06. The highest BCUT2D eigenvalue weighted by atomic mass is 15.3. The SMILES string of the molecule is Cc1cccc(N2CCN=C2N)c1C. The summed E-state index contributed by atoms with van der Waals surface area (Å²) in [6, 6.07) is 6.27. The second kappa shape index (κ2) is 3.33. The van der Waals surface area contributed by atoms with Gasteiger partial charge in [-0.25, -0.2) is 0 Å². The van der Waals surface area contributed by atoms with Gasteiger partial charge in [0.05, 0.1) is 6.54 Å². The average molecular weight is 189 g/mol. The molecule has 0 fully saturated rings. The Morgan fingerprint density at radius 2 is 2.14 bits per heavy atom. The third-order valence-electron chi connectivity index (χ3n) is 2.74. The number of nitrogens with two attached hydrogens (primary N) is 1. The number of benzene rings is 1. The van der Waals surface area contributed by atoms with Crippen LogP contribution in [0.25, 0.3) is 0 Å². The lowest BCUT2D eigenvalue weighted by molar-refractivity contribution is 1.01. The first-order valence-corrected chi connectivity index (χ1v) is 4.84. The van der Waals surface area contributed by atoms with Gasteiger partial charge in [0.1, 0.15) is 0 Å². The molecule has 3 heteroatoms. The predicted octanol–water partition coefficient (Wildman–Crippen LogP) is 1.44. The van der Waals surface area contributed by atoms with Crippen LogP contribution in [0.2, 0.25) is 0 Å². The molecule has 74 valence electrons. The van der Waals surface area contributed by atoms with E-state index in [0.717, 1.165) is 13.1 Å². The number of hydrogen-bond donors (Lipinski definition) is 1. The van der Waals surface area contributed by atoms with Crippen molar-refractivity contribution in [3.8, 4) is 0 Å². The fourth-order valence-corrected chi connectivity index (χ4v) is 1.74. The summed E-state index contributed by atoms with van der Waals surface area (Å²) in [5, 5.41) is 0. The van der Waals surface area contributed by atoms with Crippen LogP contribution < -0.4 is 10.6 Å². The van der Waals surface area contributed by atoms with Gasteiger partial charge in [0.2, 0.25) is 0 Å². The van der Waals surface area contributed by atoms with Crippen molar-refractivity contribution < 1.29 is 0 Å². The number of anilines is 1. The smallest absolute Gasteiger partial charge is 0.195 e. The fourth-order valence-electron chi connectivity index (χ4n) is 1.74. The molecule has 3 nitrogen and oxygen atoms in total. The second-order valence-electron chi connectivity index (χ2n) is 3.61. The first-order valence-electron chi connectivity index (χ1n) is 4.84. The van der Waals surface area contributed by atoms with Gasteiger partial charge >= 0.3 is 0 Å². The van der Waals surface area contributed by atoms with E-state index in [9.17, 15) is 0 Å². The standard InChI is InChI=1S/C11H15N3/c1-8-4-3-5-10(9(8)2)14-7-6-13-11(14)12/h3-5H,6-7H2,1-2H3,(H2,12,13). The van der Waals surface area contributed by atoms with Crippen LogP contribution in [0.1, 0.15) is 11.1 Å². The van der Waals surface area contributed by atoms with Crippen LogP contribution in [0.15, 0.2) is 23.2 Å². The number of aliphatic imine (C=N–C) groups is 1. The molecule has 0 bridgehead atoms. The van der Waals surface area contributed by atoms with Gasteiger partial charge in [0.15, 0.2) is 5.96 Å². The van der Waals surface area contributed by atoms with E-state index < -0.39 is 0 Å². The lowest BCUT2D eigenvalue weighted by Crippen LogP contribution is -2.34. The monoisotopic (exact) mass is 189 g/mol. The summed E-state index contributed by atoms with van der Waals surface area (Å²) >= 11 is 0. The summed E-state index contributed by atoms with van der Waals surface area (Å²) < 4.78 is 0. The quantitative estimate of drug-likeness (QED) is 0.726. The first-order chi connectivity index (χ1) is 6.70. The molecule has 0 saturated heterocycles. The minimum absolute atomic E-state index is 0.638. The Balaban J connectivity index is 2.42. The van der Waals surface area contributed by atoms with Gasteiger partial charge in [-0.05, 0) is 31.0 Å². The topological polar surface area (TPSA) is 41.6 Å². The summed E-state index contributed by atoms with van der Waals surface area (Å²) in [7, 11) is 0. The van der Waals surface area contributed by atoms with Crippen LogP contribution in [0.5, 0.6) is 0 Å². The van der Waals surface area contributed by atoms with Gasteiger partial charge < -0.3 is 10.6 Å². The van der Waals surface area contributed by atoms with Crippen molar-refractivity contribution in [2.75, 3.05) is 18.0 Å². The molecule has 0 radical (unpaired) electrons. The van der Waals surface area contributed by atoms with Crippen LogP contribution in [0.4, 0.5) is 5.69 Å². The zero-order valence-electron chi connectivity index (χ0n) is 8.62. The molecule has 0 aliphatic carbocycles. The van der Waals surface area contributed by atoms with Crippen molar-refractivity contribution in [1.29, 1.82) is 0 Å². The van der Waals surface area contributed by atoms with Crippen LogP contribution in [-0.4, -0.2) is 19.0 Å². The van der Waals surface area contributed by atoms with Crippen molar-refractivity contribution in [3.05, 3.63) is 29.3 Å². The third-order valence-corrected chi connectivity index (χ3v) is 2.74. The zero-order valence-corrected chi connectivity index (χ0v) is 8.62. The van der Waals surface area contributed by atoms with Crippen LogP contribution in [0.3, 0.4) is 0 Å². The maximum absolute atomic E-state index is 5.81. The second-order valence-corrected chi connectivity index (χ2v) is 3.61. The van der Waals surface area contributed by atoms with Gasteiger partial charge in [0, 0.05) is 12.2 Å². The van der Waals surface area contributed by atoms with E-state index in [-0.39, 0.29) is 0 Å². The molecular weight excluding hydrogens is 174 g/mol. The van der Waals surface area contributed by atoms with E-state index >= 15 is 0 Å². The number of rotatable bonds is 1. The minimum atomic E-state index is 0.638. The largest absolute Gasteiger partial charge is 0.370 e. The van der Waals surface area contributed by atoms with Crippen LogP contribution in [-0.2, 0) is 0 Å². The zero-order chi connectivity index (χ0) is 10.1. The van der Waals surface area contributed by atoms with E-state index in [2.05, 4.69) is 41.9 Å². The third kappa shape index (κ3) is 1.35. The van der Waals surface area contributed by atoms with Crippen molar-refractivity contribution >= 4 is 11.6 Å². The highest BCUT2D eigenvalue weighted by Crippen LogP contribution is 2.23. The van der Waals surface area contributed by atoms with Crippen molar-refractivity contribution in [2.24, 2.45) is 10.7 Å². The van der Waals surface area contributed by atoms with Crippen molar-refractivity contribution in [1.82, 2.24) is 0 Å². The van der Waals surface area contributed by atoms with Gasteiger partial charge in [0.25, 0.3) is 0 Å². The Morgan fingerprint density at radius 3 is 2.79 bits per heavy atom. The molecule has 2 N–H and O–H groups in total. The Bertz CT molecular complexity index is 382. The Kier molecular flexibility index (Phi) is 2.15. The van der Waals surface area contributed by atoms with Crippen molar-refractivity contribution in [2.45, 2.75) is 13.8 Å². The number of nitrogens with zero attached hydrogens (tertiary/aromatic N) is 2. The number of guanidine groups is 1. The van der Waals surface area contributed by atoms with Crippen LogP contribution in [0, 0.1) is 13.8 Å². The molecule has 2 rings (SSSR count). The highest BCUT2D eigenvalue weighted by Gasteiger charge is 2.17. The summed E-state index contributed by atoms with van der Waals surface area (Å²) in [6.45, 7) is 5.94. The molecule has 0 spiro atoms. The molecule has 1 aliphatic rings. The van der Waals surface area contributed by atoms with Gasteiger partial charge in [-0.15, -0.1) is 0 Å².